The molecule has 0 unspecified atom stereocenters. The molecule has 2 N–H and O–H groups in total. The van der Waals surface area contributed by atoms with E-state index >= 15 is 0 Å². The Bertz CT molecular complexity index is 427. The maximum Gasteiger partial charge on any atom is 0.329 e. The van der Waals surface area contributed by atoms with E-state index in [1.807, 2.05) is 0 Å². The van der Waals surface area contributed by atoms with E-state index in [1.54, 1.807) is 19.0 Å². The average molecular weight is 269 g/mol. The van der Waals surface area contributed by atoms with Crippen LogP contribution in [0.4, 0.5) is 17.5 Å². The molecule has 0 atom stereocenters. The van der Waals surface area contributed by atoms with Crippen molar-refractivity contribution in [3.05, 3.63) is 16.3 Å². The summed E-state index contributed by atoms with van der Waals surface area (Å²) < 4.78 is 0. The normalized spacial score (nSPS) is 10.3. The zero-order chi connectivity index (χ0) is 14.3. The summed E-state index contributed by atoms with van der Waals surface area (Å²) in [5.74, 6) is 0.649. The molecule has 8 heteroatoms. The minimum absolute atomic E-state index is 0.108. The van der Waals surface area contributed by atoms with Gasteiger partial charge in [0.15, 0.2) is 0 Å². The Morgan fingerprint density at radius 2 is 2.21 bits per heavy atom. The van der Waals surface area contributed by atoms with Crippen LogP contribution in [0.15, 0.2) is 6.20 Å². The Balaban J connectivity index is 2.80. The number of rotatable bonds is 8. The third-order valence-corrected chi connectivity index (χ3v) is 2.68. The molecule has 0 radical (unpaired) electrons. The first-order chi connectivity index (χ1) is 9.10. The quantitative estimate of drug-likeness (QED) is 0.412. The summed E-state index contributed by atoms with van der Waals surface area (Å²) in [7, 11) is 3.42. The lowest BCUT2D eigenvalue weighted by Crippen LogP contribution is -2.21. The van der Waals surface area contributed by atoms with Gasteiger partial charge in [0, 0.05) is 27.2 Å². The highest BCUT2D eigenvalue weighted by atomic mass is 16.6. The van der Waals surface area contributed by atoms with Gasteiger partial charge in [-0.05, 0) is 19.3 Å². The van der Waals surface area contributed by atoms with Gasteiger partial charge < -0.3 is 15.3 Å². The summed E-state index contributed by atoms with van der Waals surface area (Å²) in [6.07, 6.45) is 3.66. The molecule has 0 aliphatic carbocycles. The highest BCUT2D eigenvalue weighted by Gasteiger charge is 2.20. The van der Waals surface area contributed by atoms with Gasteiger partial charge in [-0.3, -0.25) is 10.1 Å². The van der Waals surface area contributed by atoms with Crippen LogP contribution < -0.4 is 10.2 Å². The van der Waals surface area contributed by atoms with Gasteiger partial charge >= 0.3 is 5.69 Å². The molecule has 8 nitrogen and oxygen atoms in total. The summed E-state index contributed by atoms with van der Waals surface area (Å²) in [5, 5.41) is 22.4. The SMILES string of the molecule is CNc1ncc([N+](=O)[O-])c(N(C)CCCCCO)n1. The molecule has 1 aromatic rings. The number of nitro groups is 1. The minimum atomic E-state index is -0.487. The lowest BCUT2D eigenvalue weighted by Gasteiger charge is -2.18. The monoisotopic (exact) mass is 269 g/mol. The Morgan fingerprint density at radius 1 is 1.47 bits per heavy atom. The number of aliphatic hydroxyl groups is 1. The molecule has 1 heterocycles. The van der Waals surface area contributed by atoms with Crippen LogP contribution in [0.25, 0.3) is 0 Å². The van der Waals surface area contributed by atoms with Crippen molar-refractivity contribution >= 4 is 17.5 Å². The molecule has 0 aromatic carbocycles. The second-order valence-electron chi connectivity index (χ2n) is 4.12. The van der Waals surface area contributed by atoms with Crippen LogP contribution in [-0.4, -0.2) is 47.2 Å². The van der Waals surface area contributed by atoms with Crippen molar-refractivity contribution in [3.63, 3.8) is 0 Å². The van der Waals surface area contributed by atoms with Gasteiger partial charge in [-0.1, -0.05) is 0 Å². The van der Waals surface area contributed by atoms with Crippen LogP contribution in [0, 0.1) is 10.1 Å². The standard InChI is InChI=1S/C11H19N5O3/c1-12-11-13-8-9(16(18)19)10(14-11)15(2)6-4-3-5-7-17/h8,17H,3-7H2,1-2H3,(H,12,13,14). The number of nitrogens with zero attached hydrogens (tertiary/aromatic N) is 4. The molecule has 19 heavy (non-hydrogen) atoms. The summed E-state index contributed by atoms with van der Waals surface area (Å²) in [5.41, 5.74) is -0.108. The number of anilines is 2. The van der Waals surface area contributed by atoms with E-state index in [4.69, 9.17) is 5.11 Å². The number of aliphatic hydroxyl groups excluding tert-OH is 1. The third-order valence-electron chi connectivity index (χ3n) is 2.68. The number of hydrogen-bond donors (Lipinski definition) is 2. The number of unbranched alkanes of at least 4 members (excludes halogenated alkanes) is 2. The first-order valence-electron chi connectivity index (χ1n) is 6.11. The van der Waals surface area contributed by atoms with Crippen molar-refractivity contribution in [1.29, 1.82) is 0 Å². The zero-order valence-corrected chi connectivity index (χ0v) is 11.2. The first kappa shape index (κ1) is 15.1. The number of hydrogen-bond acceptors (Lipinski definition) is 7. The van der Waals surface area contributed by atoms with E-state index < -0.39 is 4.92 Å². The van der Waals surface area contributed by atoms with Gasteiger partial charge in [0.1, 0.15) is 6.20 Å². The predicted molar refractivity (Wildman–Crippen MR) is 72.4 cm³/mol. The summed E-state index contributed by atoms with van der Waals surface area (Å²) in [6, 6.07) is 0. The van der Waals surface area contributed by atoms with Crippen LogP contribution in [0.1, 0.15) is 19.3 Å². The summed E-state index contributed by atoms with van der Waals surface area (Å²) in [6.45, 7) is 0.808. The second kappa shape index (κ2) is 7.47. The van der Waals surface area contributed by atoms with Crippen molar-refractivity contribution in [3.8, 4) is 0 Å². The molecule has 0 bridgehead atoms. The van der Waals surface area contributed by atoms with E-state index in [2.05, 4.69) is 15.3 Å². The van der Waals surface area contributed by atoms with E-state index in [1.165, 1.54) is 6.20 Å². The average Bonchev–Trinajstić information content (AvgIpc) is 2.42. The van der Waals surface area contributed by atoms with Crippen molar-refractivity contribution in [2.45, 2.75) is 19.3 Å². The smallest absolute Gasteiger partial charge is 0.329 e. The fraction of sp³-hybridized carbons (Fsp3) is 0.636. The Kier molecular flexibility index (Phi) is 5.94. The Morgan fingerprint density at radius 3 is 2.79 bits per heavy atom. The molecule has 1 rings (SSSR count). The maximum absolute atomic E-state index is 10.9. The summed E-state index contributed by atoms with van der Waals surface area (Å²) in [4.78, 5) is 20.2. The minimum Gasteiger partial charge on any atom is -0.396 e. The van der Waals surface area contributed by atoms with Crippen LogP contribution in [0.5, 0.6) is 0 Å². The molecule has 0 saturated carbocycles. The maximum atomic E-state index is 10.9. The van der Waals surface area contributed by atoms with E-state index in [0.717, 1.165) is 19.3 Å². The second-order valence-corrected chi connectivity index (χ2v) is 4.12. The molecule has 0 fully saturated rings. The first-order valence-corrected chi connectivity index (χ1v) is 6.11. The van der Waals surface area contributed by atoms with E-state index in [-0.39, 0.29) is 12.3 Å². The van der Waals surface area contributed by atoms with Gasteiger partial charge in [-0.25, -0.2) is 4.98 Å². The van der Waals surface area contributed by atoms with Gasteiger partial charge in [0.05, 0.1) is 4.92 Å². The molecule has 1 aromatic heterocycles. The van der Waals surface area contributed by atoms with E-state index in [9.17, 15) is 10.1 Å². The molecular weight excluding hydrogens is 250 g/mol. The Labute approximate surface area is 111 Å². The lowest BCUT2D eigenvalue weighted by molar-refractivity contribution is -0.384. The van der Waals surface area contributed by atoms with Crippen molar-refractivity contribution < 1.29 is 10.0 Å². The fourth-order valence-electron chi connectivity index (χ4n) is 1.64. The van der Waals surface area contributed by atoms with Crippen molar-refractivity contribution in [1.82, 2.24) is 9.97 Å². The van der Waals surface area contributed by atoms with Crippen molar-refractivity contribution in [2.24, 2.45) is 0 Å². The van der Waals surface area contributed by atoms with E-state index in [0.29, 0.717) is 18.3 Å². The predicted octanol–water partition coefficient (Wildman–Crippen LogP) is 1.03. The molecule has 106 valence electrons. The largest absolute Gasteiger partial charge is 0.396 e. The highest BCUT2D eigenvalue weighted by molar-refractivity contribution is 5.58. The molecule has 0 aliphatic heterocycles. The zero-order valence-electron chi connectivity index (χ0n) is 11.2. The Hall–Kier alpha value is -1.96. The van der Waals surface area contributed by atoms with Crippen LogP contribution in [0.2, 0.25) is 0 Å². The topological polar surface area (TPSA) is 104 Å². The lowest BCUT2D eigenvalue weighted by atomic mass is 10.2. The summed E-state index contributed by atoms with van der Waals surface area (Å²) >= 11 is 0. The third kappa shape index (κ3) is 4.32. The van der Waals surface area contributed by atoms with Crippen LogP contribution in [-0.2, 0) is 0 Å². The van der Waals surface area contributed by atoms with Gasteiger partial charge in [0.25, 0.3) is 0 Å². The molecule has 0 spiro atoms. The fourth-order valence-corrected chi connectivity index (χ4v) is 1.64. The van der Waals surface area contributed by atoms with Gasteiger partial charge in [-0.15, -0.1) is 0 Å². The highest BCUT2D eigenvalue weighted by Crippen LogP contribution is 2.25. The molecule has 0 amide bonds. The number of aromatic nitrogens is 2. The molecular formula is C11H19N5O3. The molecule has 0 saturated heterocycles. The molecule has 0 aliphatic rings. The van der Waals surface area contributed by atoms with Gasteiger partial charge in [-0.2, -0.15) is 4.98 Å². The number of nitrogens with one attached hydrogen (secondary N) is 1. The van der Waals surface area contributed by atoms with Gasteiger partial charge in [0.2, 0.25) is 11.8 Å². The van der Waals surface area contributed by atoms with Crippen molar-refractivity contribution in [2.75, 3.05) is 37.5 Å². The van der Waals surface area contributed by atoms with Crippen LogP contribution >= 0.6 is 0 Å². The van der Waals surface area contributed by atoms with Crippen LogP contribution in [0.3, 0.4) is 0 Å².